The molecule has 0 saturated carbocycles. The average Bonchev–Trinajstić information content (AvgIpc) is 2.99. The molecule has 41 heavy (non-hydrogen) atoms. The molecule has 0 aliphatic rings. The van der Waals surface area contributed by atoms with Crippen molar-refractivity contribution in [3.8, 4) is 23.3 Å². The Morgan fingerprint density at radius 1 is 0.854 bits per heavy atom. The molecule has 0 aliphatic carbocycles. The van der Waals surface area contributed by atoms with Gasteiger partial charge in [-0.15, -0.1) is 0 Å². The third kappa shape index (κ3) is 7.94. The molecule has 0 heterocycles. The van der Waals surface area contributed by atoms with Crippen LogP contribution < -0.4 is 19.5 Å². The number of hydrogen-bond acceptors (Lipinski definition) is 7. The molecule has 0 unspecified atom stereocenters. The number of benzene rings is 4. The number of nitro groups is 1. The number of amides is 1. The zero-order valence-electron chi connectivity index (χ0n) is 22.3. The molecule has 0 saturated heterocycles. The molecule has 4 aromatic rings. The Kier molecular flexibility index (Phi) is 9.67. The number of nitriles is 1. The number of nitro benzene ring substituents is 1. The summed E-state index contributed by atoms with van der Waals surface area (Å²) in [6.45, 7) is 2.97. The highest BCUT2D eigenvalue weighted by molar-refractivity contribution is 6.09. The van der Waals surface area contributed by atoms with Crippen LogP contribution >= 0.6 is 0 Å². The molecule has 4 aromatic carbocycles. The van der Waals surface area contributed by atoms with Crippen LogP contribution in [-0.4, -0.2) is 17.4 Å². The van der Waals surface area contributed by atoms with Crippen LogP contribution in [0.2, 0.25) is 0 Å². The quantitative estimate of drug-likeness (QED) is 0.0903. The van der Waals surface area contributed by atoms with Crippen molar-refractivity contribution in [2.45, 2.75) is 20.1 Å². The van der Waals surface area contributed by atoms with Gasteiger partial charge in [0.25, 0.3) is 11.6 Å². The minimum atomic E-state index is -0.699. The van der Waals surface area contributed by atoms with Gasteiger partial charge in [0, 0.05) is 23.4 Å². The van der Waals surface area contributed by atoms with Gasteiger partial charge in [-0.2, -0.15) is 5.26 Å². The topological polar surface area (TPSA) is 124 Å². The first-order chi connectivity index (χ1) is 20.0. The lowest BCUT2D eigenvalue weighted by Crippen LogP contribution is -2.13. The van der Waals surface area contributed by atoms with E-state index < -0.39 is 10.8 Å². The van der Waals surface area contributed by atoms with Gasteiger partial charge in [0.15, 0.2) is 11.5 Å². The number of hydrogen-bond donors (Lipinski definition) is 1. The number of carbonyl (C=O) groups excluding carboxylic acids is 1. The lowest BCUT2D eigenvalue weighted by molar-refractivity contribution is -0.384. The Labute approximate surface area is 237 Å². The van der Waals surface area contributed by atoms with Crippen LogP contribution in [0.1, 0.15) is 23.6 Å². The minimum Gasteiger partial charge on any atom is -0.490 e. The summed E-state index contributed by atoms with van der Waals surface area (Å²) in [5.74, 6) is 0.986. The number of rotatable bonds is 12. The molecule has 0 fully saturated rings. The van der Waals surface area contributed by atoms with E-state index in [-0.39, 0.29) is 23.6 Å². The molecule has 1 amide bonds. The van der Waals surface area contributed by atoms with E-state index in [1.165, 1.54) is 30.3 Å². The summed E-state index contributed by atoms with van der Waals surface area (Å²) >= 11 is 0. The predicted molar refractivity (Wildman–Crippen MR) is 154 cm³/mol. The van der Waals surface area contributed by atoms with Gasteiger partial charge in [0.05, 0.1) is 11.5 Å². The highest BCUT2D eigenvalue weighted by Crippen LogP contribution is 2.30. The Hall–Kier alpha value is -5.62. The Morgan fingerprint density at radius 3 is 2.34 bits per heavy atom. The molecule has 1 N–H and O–H groups in total. The average molecular weight is 550 g/mol. The lowest BCUT2D eigenvalue weighted by atomic mass is 10.1. The van der Waals surface area contributed by atoms with E-state index in [2.05, 4.69) is 5.32 Å². The number of non-ortho nitro benzene ring substituents is 1. The van der Waals surface area contributed by atoms with Gasteiger partial charge in [-0.05, 0) is 48.4 Å². The van der Waals surface area contributed by atoms with E-state index in [0.29, 0.717) is 36.0 Å². The molecule has 4 rings (SSSR count). The van der Waals surface area contributed by atoms with Crippen LogP contribution in [0.15, 0.2) is 103 Å². The van der Waals surface area contributed by atoms with Crippen molar-refractivity contribution in [3.63, 3.8) is 0 Å². The van der Waals surface area contributed by atoms with Crippen LogP contribution in [0.5, 0.6) is 17.2 Å². The predicted octanol–water partition coefficient (Wildman–Crippen LogP) is 6.70. The molecule has 0 bridgehead atoms. The Bertz CT molecular complexity index is 1590. The van der Waals surface area contributed by atoms with Gasteiger partial charge < -0.3 is 19.5 Å². The summed E-state index contributed by atoms with van der Waals surface area (Å²) in [7, 11) is 0. The maximum absolute atomic E-state index is 12.8. The molecule has 0 spiro atoms. The van der Waals surface area contributed by atoms with Crippen molar-refractivity contribution >= 4 is 23.4 Å². The number of nitrogens with zero attached hydrogens (tertiary/aromatic N) is 2. The zero-order valence-corrected chi connectivity index (χ0v) is 22.3. The van der Waals surface area contributed by atoms with Crippen molar-refractivity contribution in [3.05, 3.63) is 129 Å². The monoisotopic (exact) mass is 549 g/mol. The SMILES string of the molecule is CCOc1cc(COc2ccccc2/C=C(/C#N)C(=O)Nc2cccc([N+](=O)[O-])c2)ccc1OCc1ccccc1. The van der Waals surface area contributed by atoms with E-state index >= 15 is 0 Å². The van der Waals surface area contributed by atoms with E-state index in [1.54, 1.807) is 24.3 Å². The second kappa shape index (κ2) is 14.0. The molecular weight excluding hydrogens is 522 g/mol. The third-order valence-corrected chi connectivity index (χ3v) is 5.84. The highest BCUT2D eigenvalue weighted by atomic mass is 16.6. The summed E-state index contributed by atoms with van der Waals surface area (Å²) in [6, 6.07) is 29.8. The number of para-hydroxylation sites is 1. The van der Waals surface area contributed by atoms with Gasteiger partial charge in [-0.25, -0.2) is 0 Å². The number of nitrogens with one attached hydrogen (secondary N) is 1. The first-order valence-electron chi connectivity index (χ1n) is 12.8. The van der Waals surface area contributed by atoms with Crippen LogP contribution in [0.3, 0.4) is 0 Å². The van der Waals surface area contributed by atoms with E-state index in [4.69, 9.17) is 14.2 Å². The summed E-state index contributed by atoms with van der Waals surface area (Å²) in [4.78, 5) is 23.2. The second-order valence-corrected chi connectivity index (χ2v) is 8.75. The fourth-order valence-corrected chi connectivity index (χ4v) is 3.86. The Morgan fingerprint density at radius 2 is 1.59 bits per heavy atom. The van der Waals surface area contributed by atoms with Crippen molar-refractivity contribution in [2.24, 2.45) is 0 Å². The molecule has 9 heteroatoms. The number of carbonyl (C=O) groups is 1. The number of anilines is 1. The van der Waals surface area contributed by atoms with Gasteiger partial charge in [-0.1, -0.05) is 60.7 Å². The van der Waals surface area contributed by atoms with Crippen LogP contribution in [-0.2, 0) is 18.0 Å². The van der Waals surface area contributed by atoms with Gasteiger partial charge in [-0.3, -0.25) is 14.9 Å². The van der Waals surface area contributed by atoms with Crippen molar-refractivity contribution in [1.82, 2.24) is 0 Å². The van der Waals surface area contributed by atoms with Crippen molar-refractivity contribution in [2.75, 3.05) is 11.9 Å². The Balaban J connectivity index is 1.47. The van der Waals surface area contributed by atoms with Crippen molar-refractivity contribution in [1.29, 1.82) is 5.26 Å². The van der Waals surface area contributed by atoms with Crippen molar-refractivity contribution < 1.29 is 23.9 Å². The first kappa shape index (κ1) is 28.4. The van der Waals surface area contributed by atoms with E-state index in [9.17, 15) is 20.2 Å². The summed E-state index contributed by atoms with van der Waals surface area (Å²) in [6.07, 6.45) is 1.41. The maximum atomic E-state index is 12.8. The summed E-state index contributed by atoms with van der Waals surface area (Å²) < 4.78 is 17.8. The fraction of sp³-hybridized carbons (Fsp3) is 0.125. The fourth-order valence-electron chi connectivity index (χ4n) is 3.86. The zero-order chi connectivity index (χ0) is 29.0. The van der Waals surface area contributed by atoms with Crippen LogP contribution in [0.25, 0.3) is 6.08 Å². The van der Waals surface area contributed by atoms with E-state index in [1.807, 2.05) is 61.5 Å². The smallest absolute Gasteiger partial charge is 0.271 e. The highest BCUT2D eigenvalue weighted by Gasteiger charge is 2.14. The molecule has 0 aromatic heterocycles. The normalized spacial score (nSPS) is 10.8. The second-order valence-electron chi connectivity index (χ2n) is 8.75. The van der Waals surface area contributed by atoms with Crippen LogP contribution in [0, 0.1) is 21.4 Å². The summed E-state index contributed by atoms with van der Waals surface area (Å²) in [5.41, 5.74) is 2.24. The number of ether oxygens (including phenoxy) is 3. The minimum absolute atomic E-state index is 0.174. The largest absolute Gasteiger partial charge is 0.490 e. The van der Waals surface area contributed by atoms with E-state index in [0.717, 1.165) is 11.1 Å². The standard InChI is InChI=1S/C32H27N3O6/c1-2-39-31-17-24(15-16-30(31)41-21-23-9-4-3-5-10-23)22-40-29-14-7-6-11-25(29)18-26(20-33)32(36)34-27-12-8-13-28(19-27)35(37)38/h3-19H,2,21-22H2,1H3,(H,34,36)/b26-18-. The van der Waals surface area contributed by atoms with Gasteiger partial charge in [0.1, 0.15) is 30.6 Å². The summed E-state index contributed by atoms with van der Waals surface area (Å²) in [5, 5.41) is 23.2. The lowest BCUT2D eigenvalue weighted by Gasteiger charge is -2.15. The molecule has 0 radical (unpaired) electrons. The molecule has 206 valence electrons. The van der Waals surface area contributed by atoms with Crippen LogP contribution in [0.4, 0.5) is 11.4 Å². The maximum Gasteiger partial charge on any atom is 0.271 e. The van der Waals surface area contributed by atoms with Gasteiger partial charge in [0.2, 0.25) is 0 Å². The molecule has 0 aliphatic heterocycles. The molecule has 9 nitrogen and oxygen atoms in total. The van der Waals surface area contributed by atoms with Gasteiger partial charge >= 0.3 is 0 Å². The molecular formula is C32H27N3O6. The first-order valence-corrected chi connectivity index (χ1v) is 12.8. The third-order valence-electron chi connectivity index (χ3n) is 5.84. The molecule has 0 atom stereocenters.